The van der Waals surface area contributed by atoms with Crippen LogP contribution in [0.2, 0.25) is 0 Å². The zero-order valence-corrected chi connectivity index (χ0v) is 15.1. The lowest BCUT2D eigenvalue weighted by molar-refractivity contribution is 0.601. The van der Waals surface area contributed by atoms with E-state index in [1.165, 1.54) is 18.3 Å². The number of benzene rings is 2. The quantitative estimate of drug-likeness (QED) is 0.698. The largest absolute Gasteiger partial charge is 0.354 e. The van der Waals surface area contributed by atoms with Crippen molar-refractivity contribution in [3.05, 3.63) is 77.7 Å². The molecule has 3 aromatic rings. The van der Waals surface area contributed by atoms with Crippen molar-refractivity contribution < 1.29 is 12.8 Å². The van der Waals surface area contributed by atoms with Gasteiger partial charge in [0.05, 0.1) is 16.8 Å². The van der Waals surface area contributed by atoms with Gasteiger partial charge >= 0.3 is 0 Å². The lowest BCUT2D eigenvalue weighted by Gasteiger charge is -2.10. The van der Waals surface area contributed by atoms with Gasteiger partial charge in [-0.3, -0.25) is 4.72 Å². The minimum absolute atomic E-state index is 0.191. The van der Waals surface area contributed by atoms with E-state index < -0.39 is 10.0 Å². The second-order valence-corrected chi connectivity index (χ2v) is 7.60. The molecule has 1 aromatic heterocycles. The summed E-state index contributed by atoms with van der Waals surface area (Å²) in [5.41, 5.74) is 3.29. The zero-order chi connectivity index (χ0) is 18.7. The molecule has 0 bridgehead atoms. The molecule has 2 N–H and O–H groups in total. The Bertz CT molecular complexity index is 1020. The predicted molar refractivity (Wildman–Crippen MR) is 101 cm³/mol. The summed E-state index contributed by atoms with van der Waals surface area (Å²) in [4.78, 5) is 4.31. The standard InChI is InChI=1S/C19H18FN3O2S/c1-13-3-9-18(11-14(13)2)26(24,25)23-19-10-8-17(12-21-19)22-16-6-4-15(20)5-7-16/h3-12,22H,1-2H3,(H,21,23). The van der Waals surface area contributed by atoms with Crippen LogP contribution in [0, 0.1) is 19.7 Å². The van der Waals surface area contributed by atoms with Crippen molar-refractivity contribution in [2.45, 2.75) is 18.7 Å². The van der Waals surface area contributed by atoms with Crippen LogP contribution in [0.5, 0.6) is 0 Å². The highest BCUT2D eigenvalue weighted by Gasteiger charge is 2.15. The van der Waals surface area contributed by atoms with E-state index in [0.717, 1.165) is 11.1 Å². The van der Waals surface area contributed by atoms with Crippen LogP contribution in [0.15, 0.2) is 65.7 Å². The normalized spacial score (nSPS) is 11.2. The number of sulfonamides is 1. The SMILES string of the molecule is Cc1ccc(S(=O)(=O)Nc2ccc(Nc3ccc(F)cc3)cn2)cc1C. The third-order valence-corrected chi connectivity index (χ3v) is 5.28. The average Bonchev–Trinajstić information content (AvgIpc) is 2.61. The fourth-order valence-corrected chi connectivity index (χ4v) is 3.40. The summed E-state index contributed by atoms with van der Waals surface area (Å²) < 4.78 is 40.3. The van der Waals surface area contributed by atoms with Crippen LogP contribution < -0.4 is 10.0 Å². The third-order valence-electron chi connectivity index (χ3n) is 3.92. The number of hydrogen-bond donors (Lipinski definition) is 2. The number of aromatic nitrogens is 1. The fourth-order valence-electron chi connectivity index (χ4n) is 2.31. The highest BCUT2D eigenvalue weighted by molar-refractivity contribution is 7.92. The number of aryl methyl sites for hydroxylation is 2. The smallest absolute Gasteiger partial charge is 0.263 e. The molecule has 7 heteroatoms. The van der Waals surface area contributed by atoms with Gasteiger partial charge in [0.2, 0.25) is 0 Å². The lowest BCUT2D eigenvalue weighted by atomic mass is 10.1. The van der Waals surface area contributed by atoms with E-state index in [0.29, 0.717) is 11.4 Å². The lowest BCUT2D eigenvalue weighted by Crippen LogP contribution is -2.14. The molecular formula is C19H18FN3O2S. The molecule has 0 aliphatic heterocycles. The number of pyridine rings is 1. The van der Waals surface area contributed by atoms with Gasteiger partial charge in [-0.25, -0.2) is 17.8 Å². The maximum atomic E-state index is 12.9. The van der Waals surface area contributed by atoms with E-state index in [9.17, 15) is 12.8 Å². The summed E-state index contributed by atoms with van der Waals surface area (Å²) in [6.45, 7) is 3.79. The van der Waals surface area contributed by atoms with E-state index >= 15 is 0 Å². The summed E-state index contributed by atoms with van der Waals surface area (Å²) >= 11 is 0. The molecule has 0 atom stereocenters. The molecule has 0 aliphatic carbocycles. The molecule has 0 saturated carbocycles. The number of hydrogen-bond acceptors (Lipinski definition) is 4. The molecule has 0 spiro atoms. The number of rotatable bonds is 5. The second kappa shape index (κ2) is 7.13. The molecule has 0 amide bonds. The Morgan fingerprint density at radius 2 is 1.58 bits per heavy atom. The van der Waals surface area contributed by atoms with E-state index in [1.807, 2.05) is 13.8 Å². The first-order chi connectivity index (χ1) is 12.3. The monoisotopic (exact) mass is 371 g/mol. The van der Waals surface area contributed by atoms with Crippen LogP contribution in [-0.4, -0.2) is 13.4 Å². The average molecular weight is 371 g/mol. The Morgan fingerprint density at radius 3 is 2.19 bits per heavy atom. The first-order valence-corrected chi connectivity index (χ1v) is 9.40. The number of halogens is 1. The van der Waals surface area contributed by atoms with Crippen molar-refractivity contribution in [1.82, 2.24) is 4.98 Å². The van der Waals surface area contributed by atoms with Gasteiger partial charge in [0, 0.05) is 5.69 Å². The van der Waals surface area contributed by atoms with Crippen molar-refractivity contribution in [3.63, 3.8) is 0 Å². The van der Waals surface area contributed by atoms with Crippen molar-refractivity contribution in [1.29, 1.82) is 0 Å². The maximum Gasteiger partial charge on any atom is 0.263 e. The molecule has 26 heavy (non-hydrogen) atoms. The maximum absolute atomic E-state index is 12.9. The molecular weight excluding hydrogens is 353 g/mol. The Balaban J connectivity index is 1.73. The van der Waals surface area contributed by atoms with Gasteiger partial charge < -0.3 is 5.32 Å². The van der Waals surface area contributed by atoms with Crippen LogP contribution in [0.1, 0.15) is 11.1 Å². The second-order valence-electron chi connectivity index (χ2n) is 5.92. The van der Waals surface area contributed by atoms with Crippen LogP contribution in [0.4, 0.5) is 21.6 Å². The Labute approximate surface area is 152 Å². The fraction of sp³-hybridized carbons (Fsp3) is 0.105. The Hall–Kier alpha value is -2.93. The van der Waals surface area contributed by atoms with Crippen LogP contribution >= 0.6 is 0 Å². The molecule has 0 unspecified atom stereocenters. The third kappa shape index (κ3) is 4.18. The van der Waals surface area contributed by atoms with Gasteiger partial charge in [-0.2, -0.15) is 0 Å². The molecule has 5 nitrogen and oxygen atoms in total. The molecule has 0 radical (unpaired) electrons. The zero-order valence-electron chi connectivity index (χ0n) is 14.3. The Morgan fingerprint density at radius 1 is 0.885 bits per heavy atom. The number of anilines is 3. The van der Waals surface area contributed by atoms with Gasteiger partial charge in [-0.15, -0.1) is 0 Å². The van der Waals surface area contributed by atoms with Crippen LogP contribution in [-0.2, 0) is 10.0 Å². The molecule has 1 heterocycles. The molecule has 0 aliphatic rings. The molecule has 2 aromatic carbocycles. The first-order valence-electron chi connectivity index (χ1n) is 7.92. The molecule has 134 valence electrons. The number of nitrogens with one attached hydrogen (secondary N) is 2. The van der Waals surface area contributed by atoms with Crippen molar-refractivity contribution >= 4 is 27.2 Å². The van der Waals surface area contributed by atoms with E-state index in [2.05, 4.69) is 15.0 Å². The minimum Gasteiger partial charge on any atom is -0.354 e. The minimum atomic E-state index is -3.70. The summed E-state index contributed by atoms with van der Waals surface area (Å²) in [6, 6.07) is 14.1. The van der Waals surface area contributed by atoms with Gasteiger partial charge in [0.25, 0.3) is 10.0 Å². The van der Waals surface area contributed by atoms with Crippen molar-refractivity contribution in [2.24, 2.45) is 0 Å². The highest BCUT2D eigenvalue weighted by atomic mass is 32.2. The van der Waals surface area contributed by atoms with Crippen LogP contribution in [0.25, 0.3) is 0 Å². The molecule has 0 saturated heterocycles. The Kier molecular flexibility index (Phi) is 4.90. The van der Waals surface area contributed by atoms with E-state index in [-0.39, 0.29) is 16.5 Å². The summed E-state index contributed by atoms with van der Waals surface area (Å²) in [6.07, 6.45) is 1.50. The first kappa shape index (κ1) is 17.9. The summed E-state index contributed by atoms with van der Waals surface area (Å²) in [7, 11) is -3.70. The highest BCUT2D eigenvalue weighted by Crippen LogP contribution is 2.20. The van der Waals surface area contributed by atoms with E-state index in [4.69, 9.17) is 0 Å². The van der Waals surface area contributed by atoms with Gasteiger partial charge in [0.15, 0.2) is 0 Å². The summed E-state index contributed by atoms with van der Waals surface area (Å²) in [5, 5.41) is 3.06. The summed E-state index contributed by atoms with van der Waals surface area (Å²) in [5.74, 6) is -0.0994. The molecule has 3 rings (SSSR count). The molecule has 0 fully saturated rings. The van der Waals surface area contributed by atoms with Gasteiger partial charge in [0.1, 0.15) is 11.6 Å². The predicted octanol–water partition coefficient (Wildman–Crippen LogP) is 4.38. The van der Waals surface area contributed by atoms with Crippen molar-refractivity contribution in [2.75, 3.05) is 10.0 Å². The van der Waals surface area contributed by atoms with Gasteiger partial charge in [-0.1, -0.05) is 6.07 Å². The van der Waals surface area contributed by atoms with Crippen LogP contribution in [0.3, 0.4) is 0 Å². The topological polar surface area (TPSA) is 71.1 Å². The van der Waals surface area contributed by atoms with E-state index in [1.54, 1.807) is 42.5 Å². The number of nitrogens with zero attached hydrogens (tertiary/aromatic N) is 1. The van der Waals surface area contributed by atoms with Gasteiger partial charge in [-0.05, 0) is 73.5 Å². The van der Waals surface area contributed by atoms with Crippen molar-refractivity contribution in [3.8, 4) is 0 Å².